The van der Waals surface area contributed by atoms with Crippen LogP contribution in [0.3, 0.4) is 0 Å². The maximum atomic E-state index is 11.6. The van der Waals surface area contributed by atoms with Gasteiger partial charge < -0.3 is 4.55 Å². The van der Waals surface area contributed by atoms with E-state index < -0.39 is 14.9 Å². The van der Waals surface area contributed by atoms with Gasteiger partial charge in [0, 0.05) is 0 Å². The Bertz CT molecular complexity index is 537. The van der Waals surface area contributed by atoms with Gasteiger partial charge in [0.25, 0.3) is 0 Å². The van der Waals surface area contributed by atoms with E-state index in [0.29, 0.717) is 0 Å². The molecule has 0 aromatic carbocycles. The average molecular weight is 379 g/mol. The molecule has 0 aromatic rings. The molecule has 2 atom stereocenters. The van der Waals surface area contributed by atoms with Gasteiger partial charge in [-0.15, -0.1) is 0 Å². The SMILES string of the molecule is CC(C)CCCCCCCCCC1=CC=CC(C)(S(=O)(=O)[O-])C1C.[Na+]. The molecule has 0 radical (unpaired) electrons. The maximum Gasteiger partial charge on any atom is 1.00 e. The third-order valence-corrected chi connectivity index (χ3v) is 7.01. The predicted molar refractivity (Wildman–Crippen MR) is 101 cm³/mol. The van der Waals surface area contributed by atoms with Crippen molar-refractivity contribution < 1.29 is 42.5 Å². The second-order valence-electron chi connectivity index (χ2n) is 7.87. The van der Waals surface area contributed by atoms with Crippen molar-refractivity contribution in [2.45, 2.75) is 90.2 Å². The van der Waals surface area contributed by atoms with Gasteiger partial charge in [0.15, 0.2) is 0 Å². The number of allylic oxidation sites excluding steroid dienone is 3. The number of hydrogen-bond acceptors (Lipinski definition) is 3. The van der Waals surface area contributed by atoms with Gasteiger partial charge in [-0.2, -0.15) is 0 Å². The second-order valence-corrected chi connectivity index (χ2v) is 9.66. The quantitative estimate of drug-likeness (QED) is 0.315. The van der Waals surface area contributed by atoms with E-state index in [9.17, 15) is 13.0 Å². The van der Waals surface area contributed by atoms with Crippen molar-refractivity contribution in [1.29, 1.82) is 0 Å². The molecule has 140 valence electrons. The van der Waals surface area contributed by atoms with E-state index in [0.717, 1.165) is 24.3 Å². The Morgan fingerprint density at radius 2 is 1.60 bits per heavy atom. The Morgan fingerprint density at radius 1 is 1.08 bits per heavy atom. The number of rotatable bonds is 11. The second kappa shape index (κ2) is 12.0. The van der Waals surface area contributed by atoms with Crippen LogP contribution in [0.4, 0.5) is 0 Å². The van der Waals surface area contributed by atoms with Gasteiger partial charge in [-0.25, -0.2) is 8.42 Å². The van der Waals surface area contributed by atoms with Gasteiger partial charge in [0.05, 0.1) is 4.75 Å². The summed E-state index contributed by atoms with van der Waals surface area (Å²) in [4.78, 5) is 0. The van der Waals surface area contributed by atoms with Crippen molar-refractivity contribution in [1.82, 2.24) is 0 Å². The Kier molecular flexibility index (Phi) is 12.2. The van der Waals surface area contributed by atoms with E-state index in [-0.39, 0.29) is 35.5 Å². The van der Waals surface area contributed by atoms with Crippen LogP contribution in [0.25, 0.3) is 0 Å². The molecule has 3 nitrogen and oxygen atoms in total. The van der Waals surface area contributed by atoms with Crippen molar-refractivity contribution in [2.24, 2.45) is 11.8 Å². The normalized spacial score (nSPS) is 23.4. The molecule has 0 spiro atoms. The van der Waals surface area contributed by atoms with Crippen LogP contribution >= 0.6 is 0 Å². The van der Waals surface area contributed by atoms with E-state index in [1.807, 2.05) is 13.0 Å². The molecule has 0 amide bonds. The predicted octanol–water partition coefficient (Wildman–Crippen LogP) is 2.59. The first-order valence-corrected chi connectivity index (χ1v) is 10.9. The molecule has 1 aliphatic carbocycles. The minimum absolute atomic E-state index is 0. The summed E-state index contributed by atoms with van der Waals surface area (Å²) in [5.74, 6) is 0.578. The first kappa shape index (κ1) is 25.4. The van der Waals surface area contributed by atoms with Crippen molar-refractivity contribution in [3.63, 3.8) is 0 Å². The zero-order chi connectivity index (χ0) is 18.2. The van der Waals surface area contributed by atoms with Gasteiger partial charge >= 0.3 is 29.6 Å². The molecular weight excluding hydrogens is 343 g/mol. The summed E-state index contributed by atoms with van der Waals surface area (Å²) in [6.45, 7) is 7.96. The van der Waals surface area contributed by atoms with Crippen LogP contribution in [0.2, 0.25) is 0 Å². The van der Waals surface area contributed by atoms with Gasteiger partial charge in [0.1, 0.15) is 10.1 Å². The fourth-order valence-corrected chi connectivity index (χ4v) is 4.21. The van der Waals surface area contributed by atoms with Gasteiger partial charge in [-0.05, 0) is 31.6 Å². The van der Waals surface area contributed by atoms with E-state index in [1.165, 1.54) is 44.9 Å². The minimum atomic E-state index is -4.34. The summed E-state index contributed by atoms with van der Waals surface area (Å²) in [6.07, 6.45) is 16.3. The molecule has 0 fully saturated rings. The summed E-state index contributed by atoms with van der Waals surface area (Å²) >= 11 is 0. The molecular formula is C20H35NaO3S. The van der Waals surface area contributed by atoms with Gasteiger partial charge in [-0.3, -0.25) is 0 Å². The monoisotopic (exact) mass is 378 g/mol. The number of hydrogen-bond donors (Lipinski definition) is 0. The van der Waals surface area contributed by atoms with Crippen LogP contribution in [-0.4, -0.2) is 17.7 Å². The molecule has 0 heterocycles. The summed E-state index contributed by atoms with van der Waals surface area (Å²) in [7, 11) is -4.34. The average Bonchev–Trinajstić information content (AvgIpc) is 2.48. The van der Waals surface area contributed by atoms with Gasteiger partial charge in [0.2, 0.25) is 0 Å². The molecule has 0 saturated carbocycles. The molecule has 1 aliphatic rings. The molecule has 0 bridgehead atoms. The molecule has 0 saturated heterocycles. The van der Waals surface area contributed by atoms with Crippen LogP contribution in [-0.2, 0) is 10.1 Å². The number of unbranched alkanes of at least 4 members (excludes halogenated alkanes) is 6. The summed E-state index contributed by atoms with van der Waals surface area (Å²) < 4.78 is 33.4. The smallest absolute Gasteiger partial charge is 0.747 e. The summed E-state index contributed by atoms with van der Waals surface area (Å²) in [6, 6.07) is 0. The van der Waals surface area contributed by atoms with Crippen molar-refractivity contribution in [2.75, 3.05) is 0 Å². The zero-order valence-electron chi connectivity index (χ0n) is 16.9. The van der Waals surface area contributed by atoms with Crippen molar-refractivity contribution in [3.05, 3.63) is 23.8 Å². The Labute approximate surface area is 177 Å². The summed E-state index contributed by atoms with van der Waals surface area (Å²) in [5, 5.41) is 0. The molecule has 5 heteroatoms. The fraction of sp³-hybridized carbons (Fsp3) is 0.800. The Hall–Kier alpha value is 0.390. The van der Waals surface area contributed by atoms with E-state index in [1.54, 1.807) is 19.1 Å². The first-order valence-electron chi connectivity index (χ1n) is 9.52. The fourth-order valence-electron chi connectivity index (χ4n) is 3.38. The van der Waals surface area contributed by atoms with Crippen LogP contribution in [0.5, 0.6) is 0 Å². The van der Waals surface area contributed by atoms with Crippen LogP contribution in [0, 0.1) is 11.8 Å². The van der Waals surface area contributed by atoms with E-state index in [2.05, 4.69) is 13.8 Å². The molecule has 25 heavy (non-hydrogen) atoms. The van der Waals surface area contributed by atoms with Crippen LogP contribution < -0.4 is 29.6 Å². The van der Waals surface area contributed by atoms with E-state index in [4.69, 9.17) is 0 Å². The molecule has 0 aromatic heterocycles. The molecule has 1 rings (SSSR count). The Balaban J connectivity index is 0.00000576. The maximum absolute atomic E-state index is 11.6. The van der Waals surface area contributed by atoms with Crippen molar-refractivity contribution >= 4 is 10.1 Å². The molecule has 0 aliphatic heterocycles. The molecule has 2 unspecified atom stereocenters. The van der Waals surface area contributed by atoms with E-state index >= 15 is 0 Å². The Morgan fingerprint density at radius 3 is 2.12 bits per heavy atom. The van der Waals surface area contributed by atoms with Crippen LogP contribution in [0.15, 0.2) is 23.8 Å². The zero-order valence-corrected chi connectivity index (χ0v) is 19.7. The van der Waals surface area contributed by atoms with Crippen molar-refractivity contribution in [3.8, 4) is 0 Å². The third kappa shape index (κ3) is 8.30. The molecule has 0 N–H and O–H groups in total. The first-order chi connectivity index (χ1) is 11.2. The minimum Gasteiger partial charge on any atom is -0.747 e. The van der Waals surface area contributed by atoms with Gasteiger partial charge in [-0.1, -0.05) is 89.5 Å². The topological polar surface area (TPSA) is 57.2 Å². The van der Waals surface area contributed by atoms with Crippen LogP contribution in [0.1, 0.15) is 85.5 Å². The third-order valence-electron chi connectivity index (χ3n) is 5.44. The summed E-state index contributed by atoms with van der Waals surface area (Å²) in [5.41, 5.74) is 1.09. The standard InChI is InChI=1S/C20H36O3S.Na/c1-17(2)13-10-8-6-5-7-9-11-14-19-15-12-16-20(4,18(19)3)24(21,22)23;/h12,15-18H,5-11,13-14H2,1-4H3,(H,21,22,23);/q;+1/p-1. The largest absolute Gasteiger partial charge is 1.00 e.